The number of hydrazone groups is 1. The average Bonchev–Trinajstić information content (AvgIpc) is 2.94. The summed E-state index contributed by atoms with van der Waals surface area (Å²) >= 11 is 5.90. The van der Waals surface area contributed by atoms with Crippen LogP contribution >= 0.6 is 11.6 Å². The molecule has 1 aliphatic heterocycles. The van der Waals surface area contributed by atoms with Gasteiger partial charge in [-0.3, -0.25) is 0 Å². The van der Waals surface area contributed by atoms with E-state index in [0.717, 1.165) is 16.8 Å². The van der Waals surface area contributed by atoms with Gasteiger partial charge in [-0.05, 0) is 23.3 Å². The second-order valence-corrected chi connectivity index (χ2v) is 5.30. The Balaban J connectivity index is 1.93. The zero-order chi connectivity index (χ0) is 14.8. The molecule has 0 saturated carbocycles. The molecule has 0 unspecified atom stereocenters. The highest BCUT2D eigenvalue weighted by atomic mass is 35.5. The van der Waals surface area contributed by atoms with Crippen LogP contribution in [-0.2, 0) is 0 Å². The van der Waals surface area contributed by atoms with Gasteiger partial charge in [0.2, 0.25) is 0 Å². The standard InChI is InChI=1S/C16H14ClN3O/c17-13-8-6-11(7-9-13)14-10-15(20(19-14)16(18)21)12-4-2-1-3-5-12/h1-9,15H,10H2,(H2,18,21)/t15-/m0/s1. The predicted molar refractivity (Wildman–Crippen MR) is 83.2 cm³/mol. The molecule has 0 aromatic heterocycles. The van der Waals surface area contributed by atoms with Crippen molar-refractivity contribution in [1.82, 2.24) is 5.01 Å². The first-order valence-corrected chi connectivity index (χ1v) is 7.00. The number of nitrogens with two attached hydrogens (primary N) is 1. The number of carbonyl (C=O) groups excluding carboxylic acids is 1. The SMILES string of the molecule is NC(=O)N1N=C(c2ccc(Cl)cc2)C[C@H]1c1ccccc1. The number of urea groups is 1. The maximum Gasteiger partial charge on any atom is 0.335 e. The molecule has 2 amide bonds. The Kier molecular flexibility index (Phi) is 3.62. The van der Waals surface area contributed by atoms with Crippen molar-refractivity contribution in [3.63, 3.8) is 0 Å². The van der Waals surface area contributed by atoms with E-state index in [2.05, 4.69) is 5.10 Å². The van der Waals surface area contributed by atoms with Crippen molar-refractivity contribution in [1.29, 1.82) is 0 Å². The quantitative estimate of drug-likeness (QED) is 0.905. The van der Waals surface area contributed by atoms with Crippen LogP contribution in [0.5, 0.6) is 0 Å². The summed E-state index contributed by atoms with van der Waals surface area (Å²) < 4.78 is 0. The minimum absolute atomic E-state index is 0.158. The molecule has 21 heavy (non-hydrogen) atoms. The van der Waals surface area contributed by atoms with E-state index in [1.165, 1.54) is 5.01 Å². The van der Waals surface area contributed by atoms with Crippen molar-refractivity contribution in [2.45, 2.75) is 12.5 Å². The summed E-state index contributed by atoms with van der Waals surface area (Å²) in [6.07, 6.45) is 0.634. The smallest absolute Gasteiger partial charge is 0.335 e. The summed E-state index contributed by atoms with van der Waals surface area (Å²) in [5.41, 5.74) is 8.25. The molecule has 0 saturated heterocycles. The largest absolute Gasteiger partial charge is 0.350 e. The Hall–Kier alpha value is -2.33. The number of hydrogen-bond acceptors (Lipinski definition) is 2. The number of rotatable bonds is 2. The topological polar surface area (TPSA) is 58.7 Å². The first kappa shape index (κ1) is 13.6. The van der Waals surface area contributed by atoms with Crippen LogP contribution in [0.1, 0.15) is 23.6 Å². The van der Waals surface area contributed by atoms with Gasteiger partial charge in [-0.1, -0.05) is 54.1 Å². The highest BCUT2D eigenvalue weighted by Gasteiger charge is 2.31. The average molecular weight is 300 g/mol. The summed E-state index contributed by atoms with van der Waals surface area (Å²) in [6.45, 7) is 0. The van der Waals surface area contributed by atoms with Crippen LogP contribution in [0.2, 0.25) is 5.02 Å². The molecule has 1 atom stereocenters. The van der Waals surface area contributed by atoms with Gasteiger partial charge in [0, 0.05) is 11.4 Å². The number of primary amides is 1. The molecule has 0 fully saturated rings. The molecule has 0 aliphatic carbocycles. The maximum atomic E-state index is 11.6. The Bertz CT molecular complexity index is 682. The zero-order valence-corrected chi connectivity index (χ0v) is 12.0. The van der Waals surface area contributed by atoms with Crippen molar-refractivity contribution >= 4 is 23.3 Å². The summed E-state index contributed by atoms with van der Waals surface area (Å²) in [6, 6.07) is 16.5. The maximum absolute atomic E-state index is 11.6. The van der Waals surface area contributed by atoms with Gasteiger partial charge in [0.15, 0.2) is 0 Å². The van der Waals surface area contributed by atoms with Crippen LogP contribution in [0, 0.1) is 0 Å². The second-order valence-electron chi connectivity index (χ2n) is 4.87. The van der Waals surface area contributed by atoms with E-state index in [1.807, 2.05) is 54.6 Å². The lowest BCUT2D eigenvalue weighted by atomic mass is 9.99. The molecule has 106 valence electrons. The number of carbonyl (C=O) groups is 1. The van der Waals surface area contributed by atoms with E-state index < -0.39 is 6.03 Å². The molecule has 0 bridgehead atoms. The van der Waals surface area contributed by atoms with Gasteiger partial charge in [-0.25, -0.2) is 9.80 Å². The molecule has 2 N–H and O–H groups in total. The molecule has 1 aliphatic rings. The van der Waals surface area contributed by atoms with Crippen LogP contribution in [0.15, 0.2) is 59.7 Å². The van der Waals surface area contributed by atoms with Gasteiger partial charge in [0.25, 0.3) is 0 Å². The normalized spacial score (nSPS) is 17.7. The summed E-state index contributed by atoms with van der Waals surface area (Å²) in [7, 11) is 0. The van der Waals surface area contributed by atoms with Crippen molar-refractivity contribution in [2.24, 2.45) is 10.8 Å². The van der Waals surface area contributed by atoms with E-state index >= 15 is 0 Å². The molecule has 5 heteroatoms. The van der Waals surface area contributed by atoms with Gasteiger partial charge >= 0.3 is 6.03 Å². The van der Waals surface area contributed by atoms with Crippen LogP contribution in [0.3, 0.4) is 0 Å². The monoisotopic (exact) mass is 299 g/mol. The number of amides is 2. The molecule has 2 aromatic rings. The molecule has 4 nitrogen and oxygen atoms in total. The van der Waals surface area contributed by atoms with E-state index in [9.17, 15) is 4.79 Å². The second kappa shape index (κ2) is 5.58. The summed E-state index contributed by atoms with van der Waals surface area (Å²) in [5, 5.41) is 6.39. The Morgan fingerprint density at radius 1 is 1.14 bits per heavy atom. The number of nitrogens with zero attached hydrogens (tertiary/aromatic N) is 2. The fourth-order valence-corrected chi connectivity index (χ4v) is 2.59. The molecule has 2 aromatic carbocycles. The fourth-order valence-electron chi connectivity index (χ4n) is 2.47. The van der Waals surface area contributed by atoms with Gasteiger partial charge in [-0.2, -0.15) is 5.10 Å². The molecule has 1 heterocycles. The third kappa shape index (κ3) is 2.76. The lowest BCUT2D eigenvalue weighted by Gasteiger charge is -2.19. The zero-order valence-electron chi connectivity index (χ0n) is 11.2. The number of hydrogen-bond donors (Lipinski definition) is 1. The Morgan fingerprint density at radius 2 is 1.81 bits per heavy atom. The van der Waals surface area contributed by atoms with Crippen LogP contribution in [0.25, 0.3) is 0 Å². The molecule has 0 radical (unpaired) electrons. The van der Waals surface area contributed by atoms with Crippen LogP contribution in [0.4, 0.5) is 4.79 Å². The van der Waals surface area contributed by atoms with Crippen molar-refractivity contribution in [2.75, 3.05) is 0 Å². The third-order valence-corrected chi connectivity index (χ3v) is 3.75. The minimum atomic E-state index is -0.548. The highest BCUT2D eigenvalue weighted by molar-refractivity contribution is 6.30. The summed E-state index contributed by atoms with van der Waals surface area (Å²) in [5.74, 6) is 0. The van der Waals surface area contributed by atoms with Gasteiger partial charge in [0.05, 0.1) is 11.8 Å². The minimum Gasteiger partial charge on any atom is -0.350 e. The highest BCUT2D eigenvalue weighted by Crippen LogP contribution is 2.32. The lowest BCUT2D eigenvalue weighted by Crippen LogP contribution is -2.31. The Labute approximate surface area is 127 Å². The number of benzene rings is 2. The van der Waals surface area contributed by atoms with Crippen LogP contribution < -0.4 is 5.73 Å². The fraction of sp³-hybridized carbons (Fsp3) is 0.125. The van der Waals surface area contributed by atoms with E-state index in [0.29, 0.717) is 11.4 Å². The molecule has 0 spiro atoms. The van der Waals surface area contributed by atoms with Gasteiger partial charge < -0.3 is 5.73 Å². The first-order valence-electron chi connectivity index (χ1n) is 6.62. The van der Waals surface area contributed by atoms with Gasteiger partial charge in [-0.15, -0.1) is 0 Å². The van der Waals surface area contributed by atoms with Crippen molar-refractivity contribution in [3.05, 3.63) is 70.7 Å². The first-order chi connectivity index (χ1) is 10.1. The third-order valence-electron chi connectivity index (χ3n) is 3.50. The molecular weight excluding hydrogens is 286 g/mol. The van der Waals surface area contributed by atoms with Crippen molar-refractivity contribution in [3.8, 4) is 0 Å². The molecular formula is C16H14ClN3O. The Morgan fingerprint density at radius 3 is 2.43 bits per heavy atom. The lowest BCUT2D eigenvalue weighted by molar-refractivity contribution is 0.196. The van der Waals surface area contributed by atoms with E-state index in [4.69, 9.17) is 17.3 Å². The summed E-state index contributed by atoms with van der Waals surface area (Å²) in [4.78, 5) is 11.6. The van der Waals surface area contributed by atoms with Crippen molar-refractivity contribution < 1.29 is 4.79 Å². The van der Waals surface area contributed by atoms with Crippen LogP contribution in [-0.4, -0.2) is 16.8 Å². The van der Waals surface area contributed by atoms with E-state index in [1.54, 1.807) is 0 Å². The number of halogens is 1. The van der Waals surface area contributed by atoms with E-state index in [-0.39, 0.29) is 6.04 Å². The molecule has 3 rings (SSSR count). The van der Waals surface area contributed by atoms with Gasteiger partial charge in [0.1, 0.15) is 0 Å². The predicted octanol–water partition coefficient (Wildman–Crippen LogP) is 3.57.